The number of hydrogen-bond acceptors (Lipinski definition) is 5. The number of amides is 2. The molecule has 0 saturated carbocycles. The molecule has 2 amide bonds. The van der Waals surface area contributed by atoms with Crippen LogP contribution in [0.4, 0.5) is 0 Å². The topological polar surface area (TPSA) is 70.9 Å². The van der Waals surface area contributed by atoms with Gasteiger partial charge in [-0.2, -0.15) is 5.10 Å². The summed E-state index contributed by atoms with van der Waals surface area (Å²) in [6.45, 7) is 7.74. The molecule has 0 N–H and O–H groups in total. The molecule has 0 unspecified atom stereocenters. The zero-order valence-electron chi connectivity index (χ0n) is 18.8. The Kier molecular flexibility index (Phi) is 5.97. The summed E-state index contributed by atoms with van der Waals surface area (Å²) in [5, 5.41) is 4.77. The molecule has 1 aromatic carbocycles. The van der Waals surface area contributed by atoms with Crippen LogP contribution in [0.3, 0.4) is 0 Å². The highest BCUT2D eigenvalue weighted by Gasteiger charge is 2.31. The summed E-state index contributed by atoms with van der Waals surface area (Å²) in [7, 11) is 0. The Labute approximate surface area is 188 Å². The fraction of sp³-hybridized carbons (Fsp3) is 0.542. The monoisotopic (exact) mass is 437 g/mol. The van der Waals surface area contributed by atoms with Crippen molar-refractivity contribution in [3.8, 4) is 5.69 Å². The van der Waals surface area contributed by atoms with Crippen LogP contribution in [0.5, 0.6) is 0 Å². The van der Waals surface area contributed by atoms with Crippen LogP contribution in [0.2, 0.25) is 0 Å². The number of fused-ring (bicyclic) bond motifs is 1. The van der Waals surface area contributed by atoms with Gasteiger partial charge in [0, 0.05) is 50.5 Å². The fourth-order valence-electron chi connectivity index (χ4n) is 4.87. The number of benzene rings is 1. The second-order valence-corrected chi connectivity index (χ2v) is 8.94. The molecule has 32 heavy (non-hydrogen) atoms. The van der Waals surface area contributed by atoms with Crippen LogP contribution < -0.4 is 0 Å². The number of hydrogen-bond donors (Lipinski definition) is 0. The molecule has 0 radical (unpaired) electrons. The number of nitrogens with zero attached hydrogens (tertiary/aromatic N) is 5. The normalized spacial score (nSPS) is 19.3. The highest BCUT2D eigenvalue weighted by atomic mass is 16.5. The van der Waals surface area contributed by atoms with Gasteiger partial charge in [-0.3, -0.25) is 14.5 Å². The van der Waals surface area contributed by atoms with E-state index in [4.69, 9.17) is 9.84 Å². The number of carbonyl (C=O) groups excluding carboxylic acids is 2. The molecule has 2 fully saturated rings. The van der Waals surface area contributed by atoms with Gasteiger partial charge in [-0.15, -0.1) is 0 Å². The zero-order chi connectivity index (χ0) is 22.1. The molecular formula is C24H31N5O3. The van der Waals surface area contributed by atoms with Gasteiger partial charge in [-0.25, -0.2) is 4.68 Å². The predicted octanol–water partition coefficient (Wildman–Crippen LogP) is 1.29. The molecule has 3 aliphatic rings. The zero-order valence-corrected chi connectivity index (χ0v) is 18.8. The second-order valence-electron chi connectivity index (χ2n) is 8.94. The summed E-state index contributed by atoms with van der Waals surface area (Å²) in [6, 6.07) is 8.30. The Hall–Kier alpha value is -2.71. The fourth-order valence-corrected chi connectivity index (χ4v) is 4.87. The van der Waals surface area contributed by atoms with E-state index in [2.05, 4.69) is 36.1 Å². The molecule has 5 rings (SSSR count). The lowest BCUT2D eigenvalue weighted by Crippen LogP contribution is -2.52. The Balaban J connectivity index is 1.24. The molecule has 1 aromatic heterocycles. The van der Waals surface area contributed by atoms with Gasteiger partial charge >= 0.3 is 0 Å². The first kappa shape index (κ1) is 21.2. The lowest BCUT2D eigenvalue weighted by Gasteiger charge is -2.35. The Morgan fingerprint density at radius 1 is 0.938 bits per heavy atom. The van der Waals surface area contributed by atoms with E-state index in [1.807, 2.05) is 14.5 Å². The summed E-state index contributed by atoms with van der Waals surface area (Å²) >= 11 is 0. The number of ether oxygens (including phenoxy) is 1. The van der Waals surface area contributed by atoms with Crippen molar-refractivity contribution in [3.05, 3.63) is 46.8 Å². The third-order valence-corrected chi connectivity index (χ3v) is 6.79. The summed E-state index contributed by atoms with van der Waals surface area (Å²) in [5.41, 5.74) is 5.11. The van der Waals surface area contributed by atoms with Crippen LogP contribution in [-0.4, -0.2) is 95.3 Å². The van der Waals surface area contributed by atoms with Crippen LogP contribution >= 0.6 is 0 Å². The van der Waals surface area contributed by atoms with Crippen LogP contribution in [-0.2, 0) is 22.4 Å². The van der Waals surface area contributed by atoms with Gasteiger partial charge in [0.25, 0.3) is 5.91 Å². The number of rotatable bonds is 4. The minimum absolute atomic E-state index is 0.0215. The van der Waals surface area contributed by atoms with Crippen molar-refractivity contribution in [1.82, 2.24) is 24.5 Å². The van der Waals surface area contributed by atoms with Gasteiger partial charge in [-0.05, 0) is 38.3 Å². The van der Waals surface area contributed by atoms with Gasteiger partial charge in [-0.1, -0.05) is 17.7 Å². The van der Waals surface area contributed by atoms with Crippen LogP contribution in [0.25, 0.3) is 5.69 Å². The Morgan fingerprint density at radius 3 is 2.38 bits per heavy atom. The van der Waals surface area contributed by atoms with Crippen molar-refractivity contribution in [2.24, 2.45) is 0 Å². The number of aryl methyl sites for hydroxylation is 1. The highest BCUT2D eigenvalue weighted by molar-refractivity contribution is 5.94. The minimum Gasteiger partial charge on any atom is -0.378 e. The molecular weight excluding hydrogens is 406 g/mol. The number of carbonyl (C=O) groups is 2. The van der Waals surface area contributed by atoms with Gasteiger partial charge in [0.15, 0.2) is 5.69 Å². The van der Waals surface area contributed by atoms with Crippen molar-refractivity contribution in [2.45, 2.75) is 26.2 Å². The van der Waals surface area contributed by atoms with Gasteiger partial charge in [0.2, 0.25) is 5.91 Å². The predicted molar refractivity (Wildman–Crippen MR) is 120 cm³/mol. The summed E-state index contributed by atoms with van der Waals surface area (Å²) in [4.78, 5) is 31.8. The summed E-state index contributed by atoms with van der Waals surface area (Å²) < 4.78 is 7.29. The van der Waals surface area contributed by atoms with Gasteiger partial charge in [0.1, 0.15) is 0 Å². The molecule has 0 bridgehead atoms. The van der Waals surface area contributed by atoms with Crippen LogP contribution in [0.15, 0.2) is 24.3 Å². The molecule has 0 spiro atoms. The van der Waals surface area contributed by atoms with Gasteiger partial charge in [0.05, 0.1) is 25.4 Å². The van der Waals surface area contributed by atoms with E-state index >= 15 is 0 Å². The largest absolute Gasteiger partial charge is 0.378 e. The first-order valence-electron chi connectivity index (χ1n) is 11.6. The van der Waals surface area contributed by atoms with Crippen molar-refractivity contribution in [1.29, 1.82) is 0 Å². The number of aromatic nitrogens is 2. The van der Waals surface area contributed by atoms with E-state index < -0.39 is 0 Å². The lowest BCUT2D eigenvalue weighted by atomic mass is 10.1. The SMILES string of the molecule is Cc1ccc(-n2nc(C(=O)N3CCN(CC(=O)N4CCOCC4)CC3)c3c2CCC3)cc1. The maximum atomic E-state index is 13.4. The average Bonchev–Trinajstić information content (AvgIpc) is 3.43. The Morgan fingerprint density at radius 2 is 1.66 bits per heavy atom. The van der Waals surface area contributed by atoms with E-state index in [0.717, 1.165) is 30.5 Å². The van der Waals surface area contributed by atoms with Crippen molar-refractivity contribution < 1.29 is 14.3 Å². The summed E-state index contributed by atoms with van der Waals surface area (Å²) in [6.07, 6.45) is 2.94. The summed E-state index contributed by atoms with van der Waals surface area (Å²) in [5.74, 6) is 0.177. The molecule has 0 atom stereocenters. The molecule has 3 heterocycles. The average molecular weight is 438 g/mol. The molecule has 2 aliphatic heterocycles. The maximum Gasteiger partial charge on any atom is 0.274 e. The highest BCUT2D eigenvalue weighted by Crippen LogP contribution is 2.29. The lowest BCUT2D eigenvalue weighted by molar-refractivity contribution is -0.136. The molecule has 2 aromatic rings. The third kappa shape index (κ3) is 4.17. The van der Waals surface area contributed by atoms with Crippen molar-refractivity contribution in [2.75, 3.05) is 59.0 Å². The standard InChI is InChI=1S/C24H31N5O3/c1-18-5-7-19(8-6-18)29-21-4-2-3-20(21)23(25-29)24(31)28-11-9-26(10-12-28)17-22(30)27-13-15-32-16-14-27/h5-8H,2-4,9-17H2,1H3. The number of morpholine rings is 1. The van der Waals surface area contributed by atoms with Crippen molar-refractivity contribution >= 4 is 11.8 Å². The minimum atomic E-state index is 0.0215. The third-order valence-electron chi connectivity index (χ3n) is 6.79. The van der Waals surface area contributed by atoms with Crippen LogP contribution in [0.1, 0.15) is 33.7 Å². The van der Waals surface area contributed by atoms with E-state index in [-0.39, 0.29) is 11.8 Å². The molecule has 2 saturated heterocycles. The molecule has 1 aliphatic carbocycles. The molecule has 8 heteroatoms. The quantitative estimate of drug-likeness (QED) is 0.721. The van der Waals surface area contributed by atoms with E-state index in [1.165, 1.54) is 11.3 Å². The Bertz CT molecular complexity index is 986. The first-order chi connectivity index (χ1) is 15.6. The second kappa shape index (κ2) is 9.03. The number of piperazine rings is 1. The van der Waals surface area contributed by atoms with Gasteiger partial charge < -0.3 is 14.5 Å². The first-order valence-corrected chi connectivity index (χ1v) is 11.6. The van der Waals surface area contributed by atoms with Crippen LogP contribution in [0, 0.1) is 6.92 Å². The van der Waals surface area contributed by atoms with Crippen molar-refractivity contribution in [3.63, 3.8) is 0 Å². The van der Waals surface area contributed by atoms with E-state index in [1.54, 1.807) is 0 Å². The maximum absolute atomic E-state index is 13.4. The van der Waals surface area contributed by atoms with E-state index in [0.29, 0.717) is 64.7 Å². The molecule has 170 valence electrons. The van der Waals surface area contributed by atoms with E-state index in [9.17, 15) is 9.59 Å². The molecule has 8 nitrogen and oxygen atoms in total. The smallest absolute Gasteiger partial charge is 0.274 e.